The molecule has 1 aromatic carbocycles. The fourth-order valence-corrected chi connectivity index (χ4v) is 2.55. The number of nitrogens with one attached hydrogen (secondary N) is 1. The van der Waals surface area contributed by atoms with E-state index in [9.17, 15) is 4.39 Å². The maximum atomic E-state index is 13.9. The lowest BCUT2D eigenvalue weighted by Crippen LogP contribution is -2.33. The lowest BCUT2D eigenvalue weighted by Gasteiger charge is -2.25. The first-order valence-corrected chi connectivity index (χ1v) is 6.85. The molecule has 0 saturated carbocycles. The summed E-state index contributed by atoms with van der Waals surface area (Å²) in [7, 11) is 0. The van der Waals surface area contributed by atoms with Crippen LogP contribution in [-0.4, -0.2) is 18.8 Å². The van der Waals surface area contributed by atoms with E-state index in [2.05, 4.69) is 19.2 Å². The van der Waals surface area contributed by atoms with Crippen molar-refractivity contribution in [1.82, 2.24) is 5.32 Å². The fourth-order valence-electron chi connectivity index (χ4n) is 2.55. The summed E-state index contributed by atoms with van der Waals surface area (Å²) in [5.41, 5.74) is 0.727. The van der Waals surface area contributed by atoms with Crippen LogP contribution in [0.15, 0.2) is 24.3 Å². The summed E-state index contributed by atoms with van der Waals surface area (Å²) in [4.78, 5) is 0. The smallest absolute Gasteiger partial charge is 0.128 e. The van der Waals surface area contributed by atoms with Crippen molar-refractivity contribution >= 4 is 0 Å². The third-order valence-electron chi connectivity index (χ3n) is 3.49. The lowest BCUT2D eigenvalue weighted by molar-refractivity contribution is 0.0308. The molecule has 1 aliphatic rings. The molecular formula is C15H22FNO. The SMILES string of the molecule is CCCNC(c1ccccc1F)C1CCC(C)O1. The third-order valence-corrected chi connectivity index (χ3v) is 3.49. The van der Waals surface area contributed by atoms with E-state index in [0.29, 0.717) is 0 Å². The van der Waals surface area contributed by atoms with Crippen LogP contribution in [0.25, 0.3) is 0 Å². The van der Waals surface area contributed by atoms with Gasteiger partial charge >= 0.3 is 0 Å². The van der Waals surface area contributed by atoms with E-state index in [0.717, 1.165) is 31.4 Å². The van der Waals surface area contributed by atoms with Crippen molar-refractivity contribution in [3.05, 3.63) is 35.6 Å². The van der Waals surface area contributed by atoms with Crippen molar-refractivity contribution in [3.63, 3.8) is 0 Å². The Balaban J connectivity index is 2.17. The number of benzene rings is 1. The van der Waals surface area contributed by atoms with Gasteiger partial charge in [0.2, 0.25) is 0 Å². The van der Waals surface area contributed by atoms with Crippen molar-refractivity contribution < 1.29 is 9.13 Å². The second-order valence-electron chi connectivity index (χ2n) is 5.02. The van der Waals surface area contributed by atoms with Crippen molar-refractivity contribution in [2.24, 2.45) is 0 Å². The van der Waals surface area contributed by atoms with Gasteiger partial charge in [0, 0.05) is 5.56 Å². The minimum absolute atomic E-state index is 0.0314. The molecule has 0 amide bonds. The van der Waals surface area contributed by atoms with E-state index in [1.54, 1.807) is 6.07 Å². The molecule has 0 aliphatic carbocycles. The van der Waals surface area contributed by atoms with E-state index in [1.165, 1.54) is 6.07 Å². The molecule has 100 valence electrons. The van der Waals surface area contributed by atoms with Gasteiger partial charge < -0.3 is 10.1 Å². The van der Waals surface area contributed by atoms with Gasteiger partial charge in [0.25, 0.3) is 0 Å². The molecule has 0 aromatic heterocycles. The van der Waals surface area contributed by atoms with Crippen LogP contribution >= 0.6 is 0 Å². The van der Waals surface area contributed by atoms with E-state index in [-0.39, 0.29) is 24.1 Å². The Morgan fingerprint density at radius 1 is 1.39 bits per heavy atom. The Labute approximate surface area is 109 Å². The van der Waals surface area contributed by atoms with Crippen LogP contribution in [0, 0.1) is 5.82 Å². The molecule has 2 nitrogen and oxygen atoms in total. The number of ether oxygens (including phenoxy) is 1. The van der Waals surface area contributed by atoms with Crippen LogP contribution in [0.2, 0.25) is 0 Å². The van der Waals surface area contributed by atoms with Gasteiger partial charge in [0.1, 0.15) is 5.82 Å². The second-order valence-corrected chi connectivity index (χ2v) is 5.02. The highest BCUT2D eigenvalue weighted by Gasteiger charge is 2.31. The lowest BCUT2D eigenvalue weighted by atomic mass is 9.98. The van der Waals surface area contributed by atoms with E-state index >= 15 is 0 Å². The molecule has 2 rings (SSSR count). The molecule has 0 bridgehead atoms. The maximum absolute atomic E-state index is 13.9. The van der Waals surface area contributed by atoms with Gasteiger partial charge in [-0.05, 0) is 38.8 Å². The summed E-state index contributed by atoms with van der Waals surface area (Å²) < 4.78 is 19.8. The predicted molar refractivity (Wildman–Crippen MR) is 71.0 cm³/mol. The van der Waals surface area contributed by atoms with Gasteiger partial charge in [-0.1, -0.05) is 25.1 Å². The van der Waals surface area contributed by atoms with Crippen molar-refractivity contribution in [2.45, 2.75) is 51.4 Å². The van der Waals surface area contributed by atoms with Gasteiger partial charge in [-0.3, -0.25) is 0 Å². The average molecular weight is 251 g/mol. The molecule has 1 saturated heterocycles. The highest BCUT2D eigenvalue weighted by atomic mass is 19.1. The third kappa shape index (κ3) is 3.09. The van der Waals surface area contributed by atoms with Crippen molar-refractivity contribution in [2.75, 3.05) is 6.54 Å². The monoisotopic (exact) mass is 251 g/mol. The Morgan fingerprint density at radius 2 is 2.17 bits per heavy atom. The summed E-state index contributed by atoms with van der Waals surface area (Å²) in [6.45, 7) is 5.08. The van der Waals surface area contributed by atoms with Crippen molar-refractivity contribution in [1.29, 1.82) is 0 Å². The van der Waals surface area contributed by atoms with Crippen molar-refractivity contribution in [3.8, 4) is 0 Å². The van der Waals surface area contributed by atoms with Crippen LogP contribution < -0.4 is 5.32 Å². The van der Waals surface area contributed by atoms with Gasteiger partial charge in [0.15, 0.2) is 0 Å². The summed E-state index contributed by atoms with van der Waals surface area (Å²) in [5.74, 6) is -0.144. The quantitative estimate of drug-likeness (QED) is 0.865. The molecule has 1 N–H and O–H groups in total. The fraction of sp³-hybridized carbons (Fsp3) is 0.600. The summed E-state index contributed by atoms with van der Waals surface area (Å²) in [6, 6.07) is 6.96. The zero-order chi connectivity index (χ0) is 13.0. The van der Waals surface area contributed by atoms with Crippen LogP contribution in [0.4, 0.5) is 4.39 Å². The first-order valence-electron chi connectivity index (χ1n) is 6.85. The maximum Gasteiger partial charge on any atom is 0.128 e. The van der Waals surface area contributed by atoms with E-state index in [4.69, 9.17) is 4.74 Å². The highest BCUT2D eigenvalue weighted by molar-refractivity contribution is 5.22. The van der Waals surface area contributed by atoms with Gasteiger partial charge in [-0.2, -0.15) is 0 Å². The zero-order valence-corrected chi connectivity index (χ0v) is 11.2. The zero-order valence-electron chi connectivity index (χ0n) is 11.2. The van der Waals surface area contributed by atoms with Crippen LogP contribution in [-0.2, 0) is 4.74 Å². The largest absolute Gasteiger partial charge is 0.373 e. The summed E-state index contributed by atoms with van der Waals surface area (Å²) in [5, 5.41) is 3.42. The predicted octanol–water partition coefficient (Wildman–Crippen LogP) is 3.43. The minimum atomic E-state index is -0.144. The molecule has 0 radical (unpaired) electrons. The molecule has 1 heterocycles. The molecule has 1 aliphatic heterocycles. The average Bonchev–Trinajstić information content (AvgIpc) is 2.78. The van der Waals surface area contributed by atoms with Gasteiger partial charge in [0.05, 0.1) is 18.2 Å². The van der Waals surface area contributed by atoms with Crippen LogP contribution in [0.1, 0.15) is 44.7 Å². The molecule has 3 atom stereocenters. The second kappa shape index (κ2) is 6.30. The molecule has 1 fully saturated rings. The summed E-state index contributed by atoms with van der Waals surface area (Å²) >= 11 is 0. The van der Waals surface area contributed by atoms with Crippen LogP contribution in [0.3, 0.4) is 0 Å². The normalized spacial score (nSPS) is 25.3. The first kappa shape index (κ1) is 13.5. The number of hydrogen-bond donors (Lipinski definition) is 1. The Hall–Kier alpha value is -0.930. The standard InChI is InChI=1S/C15H22FNO/c1-3-10-17-15(14-9-8-11(2)18-14)12-6-4-5-7-13(12)16/h4-7,11,14-15,17H,3,8-10H2,1-2H3. The Bertz CT molecular complexity index is 383. The minimum Gasteiger partial charge on any atom is -0.373 e. The van der Waals surface area contributed by atoms with E-state index in [1.807, 2.05) is 12.1 Å². The molecule has 3 heteroatoms. The molecule has 3 unspecified atom stereocenters. The van der Waals surface area contributed by atoms with Gasteiger partial charge in [-0.15, -0.1) is 0 Å². The molecular weight excluding hydrogens is 229 g/mol. The Morgan fingerprint density at radius 3 is 2.78 bits per heavy atom. The highest BCUT2D eigenvalue weighted by Crippen LogP contribution is 2.31. The molecule has 0 spiro atoms. The van der Waals surface area contributed by atoms with Gasteiger partial charge in [-0.25, -0.2) is 4.39 Å². The molecule has 18 heavy (non-hydrogen) atoms. The van der Waals surface area contributed by atoms with Crippen LogP contribution in [0.5, 0.6) is 0 Å². The number of hydrogen-bond acceptors (Lipinski definition) is 2. The topological polar surface area (TPSA) is 21.3 Å². The summed E-state index contributed by atoms with van der Waals surface area (Å²) in [6.07, 6.45) is 3.46. The number of halogens is 1. The first-order chi connectivity index (χ1) is 8.72. The Kier molecular flexibility index (Phi) is 4.72. The van der Waals surface area contributed by atoms with E-state index < -0.39 is 0 Å². The number of rotatable bonds is 5. The molecule has 1 aromatic rings.